The van der Waals surface area contributed by atoms with E-state index in [0.29, 0.717) is 11.6 Å². The quantitative estimate of drug-likeness (QED) is 0.839. The third kappa shape index (κ3) is 1.37. The minimum Gasteiger partial charge on any atom is -0.422 e. The maximum absolute atomic E-state index is 6.00. The first-order chi connectivity index (χ1) is 7.78. The van der Waals surface area contributed by atoms with E-state index in [1.807, 2.05) is 13.0 Å². The van der Waals surface area contributed by atoms with Gasteiger partial charge < -0.3 is 10.2 Å². The minimum atomic E-state index is 0.527. The zero-order valence-electron chi connectivity index (χ0n) is 9.36. The molecule has 0 radical (unpaired) electrons. The van der Waals surface area contributed by atoms with Crippen molar-refractivity contribution >= 4 is 16.9 Å². The molecule has 0 aliphatic heterocycles. The molecule has 0 amide bonds. The van der Waals surface area contributed by atoms with Crippen LogP contribution in [-0.2, 0) is 6.42 Å². The lowest BCUT2D eigenvalue weighted by molar-refractivity contribution is 0.411. The van der Waals surface area contributed by atoms with E-state index in [0.717, 1.165) is 29.2 Å². The molecule has 0 spiro atoms. The Labute approximate surface area is 93.9 Å². The minimum absolute atomic E-state index is 0.527. The largest absolute Gasteiger partial charge is 0.422 e. The molecule has 0 aromatic carbocycles. The number of fused-ring (bicyclic) bond motifs is 1. The molecule has 1 aliphatic carbocycles. The second kappa shape index (κ2) is 3.47. The maximum Gasteiger partial charge on any atom is 0.247 e. The number of pyridine rings is 1. The lowest BCUT2D eigenvalue weighted by atomic mass is 9.82. The van der Waals surface area contributed by atoms with Gasteiger partial charge in [0, 0.05) is 12.3 Å². The molecule has 1 fully saturated rings. The summed E-state index contributed by atoms with van der Waals surface area (Å²) in [6, 6.07) is 1.89. The Kier molecular flexibility index (Phi) is 2.09. The molecule has 84 valence electrons. The second-order valence-corrected chi connectivity index (χ2v) is 4.38. The highest BCUT2D eigenvalue weighted by Gasteiger charge is 2.24. The van der Waals surface area contributed by atoms with Crippen molar-refractivity contribution in [3.8, 4) is 0 Å². The van der Waals surface area contributed by atoms with Gasteiger partial charge in [0.05, 0.1) is 11.4 Å². The van der Waals surface area contributed by atoms with Crippen molar-refractivity contribution in [2.75, 3.05) is 5.73 Å². The molecule has 0 saturated heterocycles. The van der Waals surface area contributed by atoms with Crippen molar-refractivity contribution in [1.29, 1.82) is 0 Å². The zero-order chi connectivity index (χ0) is 11.1. The van der Waals surface area contributed by atoms with Crippen molar-refractivity contribution in [3.63, 3.8) is 0 Å². The van der Waals surface area contributed by atoms with Crippen LogP contribution in [0.3, 0.4) is 0 Å². The molecule has 2 N–H and O–H groups in total. The molecular formula is C12H15N3O. The van der Waals surface area contributed by atoms with E-state index in [9.17, 15) is 0 Å². The normalized spacial score (nSPS) is 16.6. The molecule has 2 aromatic heterocycles. The molecule has 0 unspecified atom stereocenters. The molecular weight excluding hydrogens is 202 g/mol. The molecule has 2 heterocycles. The van der Waals surface area contributed by atoms with Crippen LogP contribution in [0.25, 0.3) is 11.2 Å². The summed E-state index contributed by atoms with van der Waals surface area (Å²) in [5.41, 5.74) is 9.17. The first-order valence-corrected chi connectivity index (χ1v) is 5.83. The van der Waals surface area contributed by atoms with E-state index < -0.39 is 0 Å². The highest BCUT2D eigenvalue weighted by Crippen LogP contribution is 2.38. The number of aryl methyl sites for hydroxylation is 1. The van der Waals surface area contributed by atoms with Crippen LogP contribution in [0.15, 0.2) is 10.5 Å². The number of oxazole rings is 1. The summed E-state index contributed by atoms with van der Waals surface area (Å²) < 4.78 is 5.55. The van der Waals surface area contributed by atoms with Gasteiger partial charge in [-0.2, -0.15) is 0 Å². The fraction of sp³-hybridized carbons (Fsp3) is 0.500. The number of hydrogen-bond acceptors (Lipinski definition) is 4. The summed E-state index contributed by atoms with van der Waals surface area (Å²) in [5.74, 6) is 1.26. The third-order valence-corrected chi connectivity index (χ3v) is 3.28. The Bertz CT molecular complexity index is 528. The standard InChI is InChI=1S/C12H15N3O/c1-2-10-14-9-6-8(13)11(7-4-3-5-7)15-12(9)16-10/h6-7H,2-5,13H2,1H3. The number of rotatable bonds is 2. The molecule has 4 nitrogen and oxygen atoms in total. The molecule has 0 bridgehead atoms. The number of nitrogens with zero attached hydrogens (tertiary/aromatic N) is 2. The maximum atomic E-state index is 6.00. The monoisotopic (exact) mass is 217 g/mol. The van der Waals surface area contributed by atoms with Gasteiger partial charge in [-0.3, -0.25) is 0 Å². The van der Waals surface area contributed by atoms with Crippen molar-refractivity contribution < 1.29 is 4.42 Å². The zero-order valence-corrected chi connectivity index (χ0v) is 9.36. The van der Waals surface area contributed by atoms with Crippen LogP contribution in [-0.4, -0.2) is 9.97 Å². The summed E-state index contributed by atoms with van der Waals surface area (Å²) in [5, 5.41) is 0. The van der Waals surface area contributed by atoms with Crippen LogP contribution in [0.4, 0.5) is 5.69 Å². The predicted octanol–water partition coefficient (Wildman–Crippen LogP) is 2.63. The van der Waals surface area contributed by atoms with E-state index in [1.165, 1.54) is 19.3 Å². The Morgan fingerprint density at radius 3 is 2.88 bits per heavy atom. The van der Waals surface area contributed by atoms with Crippen LogP contribution in [0, 0.1) is 0 Å². The van der Waals surface area contributed by atoms with Gasteiger partial charge in [-0.25, -0.2) is 9.97 Å². The SMILES string of the molecule is CCc1nc2cc(N)c(C3CCC3)nc2o1. The summed E-state index contributed by atoms with van der Waals surface area (Å²) in [7, 11) is 0. The summed E-state index contributed by atoms with van der Waals surface area (Å²) in [4.78, 5) is 8.84. The third-order valence-electron chi connectivity index (χ3n) is 3.28. The number of hydrogen-bond donors (Lipinski definition) is 1. The number of anilines is 1. The Morgan fingerprint density at radius 1 is 1.44 bits per heavy atom. The summed E-state index contributed by atoms with van der Waals surface area (Å²) in [6.45, 7) is 2.01. The van der Waals surface area contributed by atoms with Gasteiger partial charge >= 0.3 is 0 Å². The van der Waals surface area contributed by atoms with Gasteiger partial charge in [-0.05, 0) is 18.9 Å². The van der Waals surface area contributed by atoms with Crippen LogP contribution in [0.2, 0.25) is 0 Å². The lowest BCUT2D eigenvalue weighted by Gasteiger charge is -2.25. The average molecular weight is 217 g/mol. The van der Waals surface area contributed by atoms with Gasteiger partial charge in [-0.1, -0.05) is 13.3 Å². The Morgan fingerprint density at radius 2 is 2.25 bits per heavy atom. The number of nitrogen functional groups attached to an aromatic ring is 1. The fourth-order valence-corrected chi connectivity index (χ4v) is 2.10. The first kappa shape index (κ1) is 9.63. The van der Waals surface area contributed by atoms with E-state index in [-0.39, 0.29) is 0 Å². The van der Waals surface area contributed by atoms with Crippen molar-refractivity contribution in [2.45, 2.75) is 38.5 Å². The lowest BCUT2D eigenvalue weighted by Crippen LogP contribution is -2.12. The molecule has 4 heteroatoms. The molecule has 1 saturated carbocycles. The Hall–Kier alpha value is -1.58. The highest BCUT2D eigenvalue weighted by molar-refractivity contribution is 5.74. The van der Waals surface area contributed by atoms with E-state index in [1.54, 1.807) is 0 Å². The van der Waals surface area contributed by atoms with Crippen LogP contribution in [0.1, 0.15) is 43.7 Å². The fourth-order valence-electron chi connectivity index (χ4n) is 2.10. The van der Waals surface area contributed by atoms with Crippen LogP contribution < -0.4 is 5.73 Å². The average Bonchev–Trinajstić information content (AvgIpc) is 2.58. The molecule has 1 aliphatic rings. The van der Waals surface area contributed by atoms with Gasteiger partial charge in [0.25, 0.3) is 0 Å². The van der Waals surface area contributed by atoms with Crippen LogP contribution in [0.5, 0.6) is 0 Å². The van der Waals surface area contributed by atoms with Crippen molar-refractivity contribution in [1.82, 2.24) is 9.97 Å². The summed E-state index contributed by atoms with van der Waals surface area (Å²) in [6.07, 6.45) is 4.45. The highest BCUT2D eigenvalue weighted by atomic mass is 16.4. The first-order valence-electron chi connectivity index (χ1n) is 5.83. The van der Waals surface area contributed by atoms with Crippen molar-refractivity contribution in [2.24, 2.45) is 0 Å². The predicted molar refractivity (Wildman–Crippen MR) is 62.2 cm³/mol. The van der Waals surface area contributed by atoms with Crippen LogP contribution >= 0.6 is 0 Å². The van der Waals surface area contributed by atoms with Gasteiger partial charge in [0.1, 0.15) is 5.52 Å². The van der Waals surface area contributed by atoms with Gasteiger partial charge in [0.15, 0.2) is 5.89 Å². The number of nitrogens with two attached hydrogens (primary N) is 1. The second-order valence-electron chi connectivity index (χ2n) is 4.38. The van der Waals surface area contributed by atoms with Gasteiger partial charge in [-0.15, -0.1) is 0 Å². The van der Waals surface area contributed by atoms with E-state index in [2.05, 4.69) is 9.97 Å². The number of aromatic nitrogens is 2. The van der Waals surface area contributed by atoms with Gasteiger partial charge in [0.2, 0.25) is 5.71 Å². The Balaban J connectivity index is 2.11. The molecule has 0 atom stereocenters. The van der Waals surface area contributed by atoms with E-state index in [4.69, 9.17) is 10.2 Å². The molecule has 16 heavy (non-hydrogen) atoms. The van der Waals surface area contributed by atoms with E-state index >= 15 is 0 Å². The topological polar surface area (TPSA) is 64.9 Å². The smallest absolute Gasteiger partial charge is 0.247 e. The molecule has 3 rings (SSSR count). The summed E-state index contributed by atoms with van der Waals surface area (Å²) >= 11 is 0. The van der Waals surface area contributed by atoms with Crippen molar-refractivity contribution in [3.05, 3.63) is 17.7 Å². The molecule has 2 aromatic rings.